The van der Waals surface area contributed by atoms with Gasteiger partial charge in [-0.3, -0.25) is 4.68 Å². The highest BCUT2D eigenvalue weighted by Crippen LogP contribution is 2.27. The van der Waals surface area contributed by atoms with Crippen molar-refractivity contribution in [1.29, 1.82) is 0 Å². The van der Waals surface area contributed by atoms with Crippen molar-refractivity contribution in [2.45, 2.75) is 44.2 Å². The highest BCUT2D eigenvalue weighted by Gasteiger charge is 2.33. The Morgan fingerprint density at radius 3 is 2.85 bits per heavy atom. The van der Waals surface area contributed by atoms with Crippen LogP contribution in [-0.2, 0) is 16.6 Å². The van der Waals surface area contributed by atoms with Crippen LogP contribution in [0.15, 0.2) is 17.3 Å². The molecule has 0 aliphatic carbocycles. The second kappa shape index (κ2) is 6.24. The lowest BCUT2D eigenvalue weighted by Gasteiger charge is -2.35. The minimum Gasteiger partial charge on any atom is -0.318 e. The molecular formula is C13H24N4O2S. The SMILES string of the molecule is CNCCn1cc(S(=O)(=O)N2CCC(C)CC2C)cn1. The third kappa shape index (κ3) is 3.21. The molecule has 0 spiro atoms. The first-order valence-electron chi connectivity index (χ1n) is 7.14. The van der Waals surface area contributed by atoms with Crippen LogP contribution in [-0.4, -0.2) is 48.7 Å². The Morgan fingerprint density at radius 2 is 2.20 bits per heavy atom. The Balaban J connectivity index is 2.15. The molecule has 2 atom stereocenters. The van der Waals surface area contributed by atoms with Gasteiger partial charge >= 0.3 is 0 Å². The maximum absolute atomic E-state index is 12.6. The van der Waals surface area contributed by atoms with E-state index in [1.54, 1.807) is 15.2 Å². The zero-order valence-electron chi connectivity index (χ0n) is 12.4. The van der Waals surface area contributed by atoms with Gasteiger partial charge in [0.25, 0.3) is 0 Å². The van der Waals surface area contributed by atoms with Gasteiger partial charge in [0.2, 0.25) is 10.0 Å². The molecule has 20 heavy (non-hydrogen) atoms. The van der Waals surface area contributed by atoms with E-state index in [9.17, 15) is 8.42 Å². The lowest BCUT2D eigenvalue weighted by atomic mass is 9.95. The van der Waals surface area contributed by atoms with Crippen molar-refractivity contribution < 1.29 is 8.42 Å². The van der Waals surface area contributed by atoms with Crippen molar-refractivity contribution in [1.82, 2.24) is 19.4 Å². The number of hydrogen-bond donors (Lipinski definition) is 1. The lowest BCUT2D eigenvalue weighted by molar-refractivity contribution is 0.220. The maximum Gasteiger partial charge on any atom is 0.246 e. The Labute approximate surface area is 121 Å². The van der Waals surface area contributed by atoms with Crippen molar-refractivity contribution in [3.63, 3.8) is 0 Å². The Kier molecular flexibility index (Phi) is 4.82. The molecule has 1 saturated heterocycles. The number of sulfonamides is 1. The maximum atomic E-state index is 12.6. The minimum absolute atomic E-state index is 0.0596. The Hall–Kier alpha value is -0.920. The normalized spacial score (nSPS) is 24.9. The van der Waals surface area contributed by atoms with Gasteiger partial charge in [-0.05, 0) is 32.7 Å². The average molecular weight is 300 g/mol. The summed E-state index contributed by atoms with van der Waals surface area (Å²) in [6.07, 6.45) is 4.93. The van der Waals surface area contributed by atoms with E-state index in [1.807, 2.05) is 14.0 Å². The van der Waals surface area contributed by atoms with E-state index in [2.05, 4.69) is 17.3 Å². The molecule has 0 radical (unpaired) electrons. The van der Waals surface area contributed by atoms with Crippen molar-refractivity contribution in [3.8, 4) is 0 Å². The standard InChI is InChI=1S/C13H24N4O2S/c1-11-4-6-17(12(2)8-11)20(18,19)13-9-15-16(10-13)7-5-14-3/h9-12,14H,4-8H2,1-3H3. The predicted octanol–water partition coefficient (Wildman–Crippen LogP) is 0.912. The van der Waals surface area contributed by atoms with Crippen molar-refractivity contribution in [3.05, 3.63) is 12.4 Å². The number of likely N-dealkylation sites (N-methyl/N-ethyl adjacent to an activating group) is 1. The molecule has 2 heterocycles. The molecular weight excluding hydrogens is 276 g/mol. The first kappa shape index (κ1) is 15.5. The molecule has 0 aromatic carbocycles. The number of nitrogens with zero attached hydrogens (tertiary/aromatic N) is 3. The molecule has 0 amide bonds. The van der Waals surface area contributed by atoms with Crippen molar-refractivity contribution in [2.24, 2.45) is 5.92 Å². The van der Waals surface area contributed by atoms with E-state index < -0.39 is 10.0 Å². The summed E-state index contributed by atoms with van der Waals surface area (Å²) in [7, 11) is -1.55. The summed E-state index contributed by atoms with van der Waals surface area (Å²) in [6.45, 7) is 6.19. The summed E-state index contributed by atoms with van der Waals surface area (Å²) in [5, 5.41) is 7.14. The van der Waals surface area contributed by atoms with Crippen LogP contribution in [0, 0.1) is 5.92 Å². The third-order valence-corrected chi connectivity index (χ3v) is 5.85. The highest BCUT2D eigenvalue weighted by molar-refractivity contribution is 7.89. The van der Waals surface area contributed by atoms with Crippen LogP contribution >= 0.6 is 0 Å². The second-order valence-electron chi connectivity index (χ2n) is 5.64. The van der Waals surface area contributed by atoms with E-state index in [-0.39, 0.29) is 6.04 Å². The molecule has 1 aliphatic heterocycles. The van der Waals surface area contributed by atoms with Gasteiger partial charge in [0.15, 0.2) is 0 Å². The van der Waals surface area contributed by atoms with Crippen LogP contribution in [0.2, 0.25) is 0 Å². The molecule has 2 rings (SSSR count). The van der Waals surface area contributed by atoms with Gasteiger partial charge in [0, 0.05) is 25.3 Å². The smallest absolute Gasteiger partial charge is 0.246 e. The molecule has 114 valence electrons. The van der Waals surface area contributed by atoms with Gasteiger partial charge in [-0.25, -0.2) is 8.42 Å². The van der Waals surface area contributed by atoms with Gasteiger partial charge < -0.3 is 5.32 Å². The number of aromatic nitrogens is 2. The van der Waals surface area contributed by atoms with E-state index in [0.717, 1.165) is 19.4 Å². The fraction of sp³-hybridized carbons (Fsp3) is 0.769. The number of nitrogens with one attached hydrogen (secondary N) is 1. The monoisotopic (exact) mass is 300 g/mol. The lowest BCUT2D eigenvalue weighted by Crippen LogP contribution is -2.43. The number of piperidine rings is 1. The Morgan fingerprint density at radius 1 is 1.45 bits per heavy atom. The number of hydrogen-bond acceptors (Lipinski definition) is 4. The van der Waals surface area contributed by atoms with Gasteiger partial charge in [-0.1, -0.05) is 6.92 Å². The summed E-state index contributed by atoms with van der Waals surface area (Å²) in [5.41, 5.74) is 0. The molecule has 1 aromatic rings. The van der Waals surface area contributed by atoms with E-state index in [4.69, 9.17) is 0 Å². The summed E-state index contributed by atoms with van der Waals surface area (Å²) >= 11 is 0. The topological polar surface area (TPSA) is 67.2 Å². The molecule has 2 unspecified atom stereocenters. The Bertz CT molecular complexity index is 540. The zero-order chi connectivity index (χ0) is 14.8. The molecule has 7 heteroatoms. The molecule has 6 nitrogen and oxygen atoms in total. The fourth-order valence-electron chi connectivity index (χ4n) is 2.70. The van der Waals surface area contributed by atoms with E-state index in [1.165, 1.54) is 6.20 Å². The van der Waals surface area contributed by atoms with E-state index >= 15 is 0 Å². The van der Waals surface area contributed by atoms with Crippen molar-refractivity contribution in [2.75, 3.05) is 20.1 Å². The van der Waals surface area contributed by atoms with Crippen LogP contribution in [0.1, 0.15) is 26.7 Å². The summed E-state index contributed by atoms with van der Waals surface area (Å²) < 4.78 is 28.6. The van der Waals surface area contributed by atoms with Crippen molar-refractivity contribution >= 4 is 10.0 Å². The fourth-order valence-corrected chi connectivity index (χ4v) is 4.32. The van der Waals surface area contributed by atoms with Gasteiger partial charge in [-0.2, -0.15) is 9.40 Å². The quantitative estimate of drug-likeness (QED) is 0.878. The summed E-state index contributed by atoms with van der Waals surface area (Å²) in [6, 6.07) is 0.0596. The molecule has 1 aromatic heterocycles. The van der Waals surface area contributed by atoms with Crippen LogP contribution in [0.5, 0.6) is 0 Å². The predicted molar refractivity (Wildman–Crippen MR) is 77.9 cm³/mol. The second-order valence-corrected chi connectivity index (χ2v) is 7.53. The van der Waals surface area contributed by atoms with Gasteiger partial charge in [0.1, 0.15) is 4.90 Å². The van der Waals surface area contributed by atoms with Crippen LogP contribution in [0.25, 0.3) is 0 Å². The van der Waals surface area contributed by atoms with Crippen LogP contribution in [0.3, 0.4) is 0 Å². The summed E-state index contributed by atoms with van der Waals surface area (Å²) in [4.78, 5) is 0.301. The van der Waals surface area contributed by atoms with E-state index in [0.29, 0.717) is 23.9 Å². The third-order valence-electron chi connectivity index (χ3n) is 3.88. The zero-order valence-corrected chi connectivity index (χ0v) is 13.2. The van der Waals surface area contributed by atoms with Gasteiger partial charge in [0.05, 0.1) is 12.7 Å². The molecule has 0 bridgehead atoms. The number of rotatable bonds is 5. The molecule has 1 N–H and O–H groups in total. The van der Waals surface area contributed by atoms with Gasteiger partial charge in [-0.15, -0.1) is 0 Å². The van der Waals surface area contributed by atoms with Crippen LogP contribution in [0.4, 0.5) is 0 Å². The first-order chi connectivity index (χ1) is 9.45. The largest absolute Gasteiger partial charge is 0.318 e. The highest BCUT2D eigenvalue weighted by atomic mass is 32.2. The minimum atomic E-state index is -3.41. The average Bonchev–Trinajstić information content (AvgIpc) is 2.85. The van der Waals surface area contributed by atoms with Crippen LogP contribution < -0.4 is 5.32 Å². The molecule has 1 aliphatic rings. The molecule has 1 fully saturated rings. The molecule has 0 saturated carbocycles. The first-order valence-corrected chi connectivity index (χ1v) is 8.58. The summed E-state index contributed by atoms with van der Waals surface area (Å²) in [5.74, 6) is 0.592.